The van der Waals surface area contributed by atoms with E-state index in [1.807, 2.05) is 0 Å². The van der Waals surface area contributed by atoms with Crippen LogP contribution in [0.5, 0.6) is 0 Å². The van der Waals surface area contributed by atoms with Crippen LogP contribution in [0.4, 0.5) is 119 Å². The highest BCUT2D eigenvalue weighted by molar-refractivity contribution is 7.02. The Bertz CT molecular complexity index is 6540. The molecule has 0 atom stereocenters. The smallest absolute Gasteiger partial charge is 0.252 e. The molecule has 0 unspecified atom stereocenters. The van der Waals surface area contributed by atoms with Crippen molar-refractivity contribution >= 4 is 189 Å². The molecule has 0 saturated carbocycles. The maximum absolute atomic E-state index is 2.52. The summed E-state index contributed by atoms with van der Waals surface area (Å²) in [6, 6.07) is 145. The fourth-order valence-electron chi connectivity index (χ4n) is 20.0. The Hall–Kier alpha value is -14.5. The average molecular weight is 1570 g/mol. The van der Waals surface area contributed by atoms with Crippen molar-refractivity contribution in [3.63, 3.8) is 0 Å². The van der Waals surface area contributed by atoms with E-state index >= 15 is 0 Å². The highest BCUT2D eigenvalue weighted by Crippen LogP contribution is 2.52. The topological polar surface area (TPSA) is 22.7 Å². The number of fused-ring (bicyclic) bond motifs is 12. The van der Waals surface area contributed by atoms with Crippen LogP contribution in [0.2, 0.25) is 0 Å². The number of anilines is 21. The molecule has 0 aliphatic carbocycles. The lowest BCUT2D eigenvalue weighted by Gasteiger charge is -2.45. The van der Waals surface area contributed by atoms with E-state index in [4.69, 9.17) is 0 Å². The maximum Gasteiger partial charge on any atom is 0.252 e. The number of nitrogens with zero attached hydrogens (tertiary/aromatic N) is 7. The predicted octanol–water partition coefficient (Wildman–Crippen LogP) is 23.9. The van der Waals surface area contributed by atoms with Gasteiger partial charge in [-0.15, -0.1) is 0 Å². The highest BCUT2D eigenvalue weighted by atomic mass is 15.2. The summed E-state index contributed by atoms with van der Waals surface area (Å²) in [5, 5.41) is 0. The number of hydrogen-bond donors (Lipinski definition) is 0. The third-order valence-electron chi connectivity index (χ3n) is 25.3. The molecule has 7 nitrogen and oxygen atoms in total. The standard InChI is InChI=1S/C48H42BN3.C34H29BN2.C30H21BN2/c1-31-11-7-15-37(23-31)50(38-16-8-12-32(2)24-38)41-29-46-48-47(30-41)52(40-18-10-14-34(4)26-40)45-28-36(6)20-22-43(45)49(48)42-21-19-35(5)27-44(42)51(46)39-17-9-13-33(3)25-39;1-34(2,3)24-22-31-33-32(23-24)37(26-16-8-5-9-17-26)30-21-13-11-19-28(30)35(33)27-18-10-12-20-29(27)36(31)25-14-6-4-7-15-25;1-3-12-22(13-4-1)32-26-18-9-7-16-24(26)31-25-17-8-10-19-27(25)33(23-14-5-2-6-15-23)29-21-11-20-28(32)30(29)31/h7-30H,1-6H3;4-23H,1-3H3;1-21H. The second-order valence-corrected chi connectivity index (χ2v) is 34.5. The first kappa shape index (κ1) is 75.0. The molecule has 0 spiro atoms. The van der Waals surface area contributed by atoms with Crippen LogP contribution in [0, 0.1) is 41.5 Å². The SMILES string of the molecule is CC(C)(C)c1cc2c3c(c1)N(c1ccccc1)c1ccccc1B3c1ccccc1N2c1ccccc1.Cc1cccc(N(c2cccc(C)c2)c2cc3c4c(c2)N(c2cccc(C)c2)c2cc(C)ccc2B4c2ccc(C)cc2N3c2cccc(C)c2)c1.c1ccc(N2c3ccccc3B3c4ccccc4N(c4ccccc4)c4cccc2c43)cc1. The Morgan fingerprint density at radius 3 is 0.779 bits per heavy atom. The molecule has 0 aromatic heterocycles. The van der Waals surface area contributed by atoms with Gasteiger partial charge in [-0.3, -0.25) is 0 Å². The number of aryl methyl sites for hydroxylation is 6. The quantitative estimate of drug-likeness (QED) is 0.133. The van der Waals surface area contributed by atoms with Crippen molar-refractivity contribution in [3.8, 4) is 0 Å². The molecule has 23 rings (SSSR count). The van der Waals surface area contributed by atoms with Gasteiger partial charge in [-0.05, 0) is 305 Å². The fourth-order valence-corrected chi connectivity index (χ4v) is 20.0. The van der Waals surface area contributed by atoms with Crippen LogP contribution in [0.25, 0.3) is 0 Å². The molecule has 584 valence electrons. The van der Waals surface area contributed by atoms with E-state index in [0.29, 0.717) is 0 Å². The molecular weight excluding hydrogens is 1480 g/mol. The third kappa shape index (κ3) is 12.9. The summed E-state index contributed by atoms with van der Waals surface area (Å²) in [7, 11) is 0. The molecule has 0 amide bonds. The zero-order valence-electron chi connectivity index (χ0n) is 70.4. The first-order valence-electron chi connectivity index (χ1n) is 42.8. The van der Waals surface area contributed by atoms with Crippen LogP contribution in [0.1, 0.15) is 59.7 Å². The Balaban J connectivity index is 0.000000116. The summed E-state index contributed by atoms with van der Waals surface area (Å²) >= 11 is 0. The van der Waals surface area contributed by atoms with Crippen LogP contribution in [-0.2, 0) is 5.41 Å². The molecule has 6 aliphatic heterocycles. The predicted molar refractivity (Wildman–Crippen MR) is 523 cm³/mol. The van der Waals surface area contributed by atoms with Crippen LogP contribution < -0.4 is 83.5 Å². The Kier molecular flexibility index (Phi) is 18.7. The van der Waals surface area contributed by atoms with E-state index in [9.17, 15) is 0 Å². The van der Waals surface area contributed by atoms with E-state index in [2.05, 4.69) is 491 Å². The largest absolute Gasteiger partial charge is 0.311 e. The lowest BCUT2D eigenvalue weighted by atomic mass is 9.33. The first-order valence-corrected chi connectivity index (χ1v) is 42.8. The van der Waals surface area contributed by atoms with Gasteiger partial charge in [0.15, 0.2) is 0 Å². The molecule has 0 radical (unpaired) electrons. The molecule has 6 aliphatic rings. The highest BCUT2D eigenvalue weighted by Gasteiger charge is 2.48. The Morgan fingerprint density at radius 1 is 0.189 bits per heavy atom. The van der Waals surface area contributed by atoms with Gasteiger partial charge in [0.25, 0.3) is 20.1 Å². The molecule has 122 heavy (non-hydrogen) atoms. The number of hydrogen-bond acceptors (Lipinski definition) is 7. The van der Waals surface area contributed by atoms with Crippen LogP contribution in [-0.4, -0.2) is 20.1 Å². The van der Waals surface area contributed by atoms with Gasteiger partial charge in [0.05, 0.1) is 5.69 Å². The molecule has 0 bridgehead atoms. The zero-order chi connectivity index (χ0) is 82.6. The fraction of sp³-hybridized carbons (Fsp3) is 0.0893. The van der Waals surface area contributed by atoms with Crippen molar-refractivity contribution < 1.29 is 0 Å². The molecule has 0 saturated heterocycles. The van der Waals surface area contributed by atoms with Crippen molar-refractivity contribution in [2.75, 3.05) is 34.3 Å². The van der Waals surface area contributed by atoms with Crippen molar-refractivity contribution in [1.29, 1.82) is 0 Å². The second kappa shape index (κ2) is 30.4. The summed E-state index contributed by atoms with van der Waals surface area (Å²) in [5.41, 5.74) is 46.3. The van der Waals surface area contributed by atoms with Gasteiger partial charge in [-0.2, -0.15) is 0 Å². The number of benzene rings is 17. The number of rotatable bonds is 9. The molecule has 0 fully saturated rings. The zero-order valence-corrected chi connectivity index (χ0v) is 70.4. The lowest BCUT2D eigenvalue weighted by molar-refractivity contribution is 0.590. The summed E-state index contributed by atoms with van der Waals surface area (Å²) in [6.07, 6.45) is 0. The van der Waals surface area contributed by atoms with Gasteiger partial charge in [0.2, 0.25) is 0 Å². The lowest BCUT2D eigenvalue weighted by Crippen LogP contribution is -2.61. The van der Waals surface area contributed by atoms with Crippen LogP contribution >= 0.6 is 0 Å². The van der Waals surface area contributed by atoms with Crippen LogP contribution in [0.3, 0.4) is 0 Å². The van der Waals surface area contributed by atoms with Gasteiger partial charge >= 0.3 is 0 Å². The summed E-state index contributed by atoms with van der Waals surface area (Å²) in [5.74, 6) is 0. The van der Waals surface area contributed by atoms with Crippen molar-refractivity contribution in [3.05, 3.63) is 433 Å². The molecular formula is C112H92B3N7. The molecule has 10 heteroatoms. The van der Waals surface area contributed by atoms with Gasteiger partial charge in [0, 0.05) is 114 Å². The summed E-state index contributed by atoms with van der Waals surface area (Å²) in [6.45, 7) is 20.5. The van der Waals surface area contributed by atoms with E-state index in [0.717, 1.165) is 17.1 Å². The molecule has 17 aromatic carbocycles. The minimum atomic E-state index is -0.000325. The minimum absolute atomic E-state index is 0.000325. The number of para-hydroxylation sites is 8. The Labute approximate surface area is 719 Å². The summed E-state index contributed by atoms with van der Waals surface area (Å²) < 4.78 is 0. The molecule has 0 N–H and O–H groups in total. The summed E-state index contributed by atoms with van der Waals surface area (Å²) in [4.78, 5) is 17.3. The van der Waals surface area contributed by atoms with Gasteiger partial charge in [-0.25, -0.2) is 0 Å². The monoisotopic (exact) mass is 1570 g/mol. The van der Waals surface area contributed by atoms with E-state index in [1.165, 1.54) is 190 Å². The normalized spacial score (nSPS) is 13.1. The van der Waals surface area contributed by atoms with Gasteiger partial charge in [0.1, 0.15) is 0 Å². The van der Waals surface area contributed by atoms with Crippen molar-refractivity contribution in [2.45, 2.75) is 67.7 Å². The maximum atomic E-state index is 2.52. The molecule has 6 heterocycles. The van der Waals surface area contributed by atoms with E-state index < -0.39 is 0 Å². The van der Waals surface area contributed by atoms with Gasteiger partial charge < -0.3 is 34.3 Å². The molecule has 17 aromatic rings. The second-order valence-electron chi connectivity index (χ2n) is 34.5. The van der Waals surface area contributed by atoms with Crippen molar-refractivity contribution in [1.82, 2.24) is 0 Å². The van der Waals surface area contributed by atoms with Crippen molar-refractivity contribution in [2.24, 2.45) is 0 Å². The average Bonchev–Trinajstić information content (AvgIpc) is 0.707. The van der Waals surface area contributed by atoms with Gasteiger partial charge in [-0.1, -0.05) is 245 Å². The van der Waals surface area contributed by atoms with E-state index in [-0.39, 0.29) is 25.6 Å². The first-order chi connectivity index (χ1) is 59.7. The Morgan fingerprint density at radius 2 is 0.443 bits per heavy atom. The third-order valence-corrected chi connectivity index (χ3v) is 25.3. The van der Waals surface area contributed by atoms with E-state index in [1.54, 1.807) is 0 Å². The minimum Gasteiger partial charge on any atom is -0.311 e. The van der Waals surface area contributed by atoms with Crippen LogP contribution in [0.15, 0.2) is 394 Å².